The maximum Gasteiger partial charge on any atom is 0.0644 e. The van der Waals surface area contributed by atoms with Crippen LogP contribution >= 0.6 is 11.6 Å². The highest BCUT2D eigenvalue weighted by Crippen LogP contribution is 2.24. The predicted molar refractivity (Wildman–Crippen MR) is 108 cm³/mol. The zero-order chi connectivity index (χ0) is 18.0. The fraction of sp³-hybridized carbons (Fsp3) is 0.227. The number of nitrogens with zero attached hydrogens (tertiary/aromatic N) is 2. The highest BCUT2D eigenvalue weighted by molar-refractivity contribution is 6.31. The van der Waals surface area contributed by atoms with Crippen LogP contribution in [0.4, 0.5) is 5.69 Å². The first-order valence-corrected chi connectivity index (χ1v) is 8.96. The molecule has 0 aliphatic rings. The third kappa shape index (κ3) is 3.69. The van der Waals surface area contributed by atoms with Gasteiger partial charge < -0.3 is 4.57 Å². The molecule has 3 aromatic rings. The molecule has 3 heteroatoms. The average Bonchev–Trinajstić information content (AvgIpc) is 2.90. The molecule has 3 rings (SSSR count). The Bertz CT molecular complexity index is 918. The van der Waals surface area contributed by atoms with Gasteiger partial charge in [-0.25, -0.2) is 0 Å². The molecule has 0 amide bonds. The highest BCUT2D eigenvalue weighted by atomic mass is 35.5. The van der Waals surface area contributed by atoms with Crippen molar-refractivity contribution in [2.24, 2.45) is 4.99 Å². The second kappa shape index (κ2) is 7.28. The van der Waals surface area contributed by atoms with Gasteiger partial charge in [-0.1, -0.05) is 36.7 Å². The number of hydrogen-bond donors (Lipinski definition) is 0. The lowest BCUT2D eigenvalue weighted by Gasteiger charge is -2.10. The van der Waals surface area contributed by atoms with Crippen molar-refractivity contribution in [3.8, 4) is 5.69 Å². The summed E-state index contributed by atoms with van der Waals surface area (Å²) in [7, 11) is 0. The zero-order valence-corrected chi connectivity index (χ0v) is 15.9. The fourth-order valence-corrected chi connectivity index (χ4v) is 3.18. The average molecular weight is 351 g/mol. The van der Waals surface area contributed by atoms with Gasteiger partial charge in [0.2, 0.25) is 0 Å². The normalized spacial score (nSPS) is 11.4. The van der Waals surface area contributed by atoms with Crippen LogP contribution in [-0.4, -0.2) is 10.8 Å². The first kappa shape index (κ1) is 17.5. The van der Waals surface area contributed by atoms with Crippen LogP contribution < -0.4 is 0 Å². The van der Waals surface area contributed by atoms with Gasteiger partial charge in [-0.15, -0.1) is 0 Å². The molecular weight excluding hydrogens is 328 g/mol. The lowest BCUT2D eigenvalue weighted by atomic mass is 10.1. The van der Waals surface area contributed by atoms with Gasteiger partial charge >= 0.3 is 0 Å². The molecule has 128 valence electrons. The van der Waals surface area contributed by atoms with Crippen molar-refractivity contribution in [2.75, 3.05) is 0 Å². The zero-order valence-electron chi connectivity index (χ0n) is 15.2. The van der Waals surface area contributed by atoms with Gasteiger partial charge in [0, 0.05) is 33.9 Å². The molecular formula is C22H23ClN2. The van der Waals surface area contributed by atoms with Crippen molar-refractivity contribution < 1.29 is 0 Å². The van der Waals surface area contributed by atoms with Crippen LogP contribution in [-0.2, 0) is 6.42 Å². The van der Waals surface area contributed by atoms with Crippen molar-refractivity contribution in [2.45, 2.75) is 34.1 Å². The molecule has 0 N–H and O–H groups in total. The van der Waals surface area contributed by atoms with Crippen molar-refractivity contribution in [1.29, 1.82) is 0 Å². The molecule has 0 radical (unpaired) electrons. The van der Waals surface area contributed by atoms with Crippen molar-refractivity contribution in [3.63, 3.8) is 0 Å². The number of rotatable bonds is 4. The molecule has 0 atom stereocenters. The molecule has 1 heterocycles. The second-order valence-corrected chi connectivity index (χ2v) is 6.78. The van der Waals surface area contributed by atoms with Gasteiger partial charge in [-0.05, 0) is 68.7 Å². The second-order valence-electron chi connectivity index (χ2n) is 6.37. The minimum absolute atomic E-state index is 0.746. The van der Waals surface area contributed by atoms with E-state index in [1.54, 1.807) is 0 Å². The van der Waals surface area contributed by atoms with E-state index < -0.39 is 0 Å². The van der Waals surface area contributed by atoms with E-state index in [1.807, 2.05) is 31.3 Å². The molecule has 0 saturated heterocycles. The molecule has 2 aromatic carbocycles. The molecule has 0 unspecified atom stereocenters. The monoisotopic (exact) mass is 350 g/mol. The summed E-state index contributed by atoms with van der Waals surface area (Å²) >= 11 is 6.18. The maximum atomic E-state index is 6.18. The van der Waals surface area contributed by atoms with Gasteiger partial charge in [-0.3, -0.25) is 4.99 Å². The number of hydrogen-bond acceptors (Lipinski definition) is 1. The third-order valence-corrected chi connectivity index (χ3v) is 4.99. The van der Waals surface area contributed by atoms with Crippen LogP contribution in [0.5, 0.6) is 0 Å². The number of aryl methyl sites for hydroxylation is 3. The Morgan fingerprint density at radius 1 is 1.00 bits per heavy atom. The molecule has 0 saturated carbocycles. The van der Waals surface area contributed by atoms with Crippen LogP contribution in [0.3, 0.4) is 0 Å². The fourth-order valence-electron chi connectivity index (χ4n) is 3.00. The highest BCUT2D eigenvalue weighted by Gasteiger charge is 2.09. The van der Waals surface area contributed by atoms with Gasteiger partial charge in [0.05, 0.1) is 5.69 Å². The van der Waals surface area contributed by atoms with E-state index in [2.05, 4.69) is 60.7 Å². The van der Waals surface area contributed by atoms with Crippen LogP contribution in [0.15, 0.2) is 53.5 Å². The lowest BCUT2D eigenvalue weighted by Crippen LogP contribution is -1.99. The molecule has 2 nitrogen and oxygen atoms in total. The predicted octanol–water partition coefficient (Wildman–Crippen LogP) is 6.37. The van der Waals surface area contributed by atoms with Crippen molar-refractivity contribution in [3.05, 3.63) is 81.6 Å². The van der Waals surface area contributed by atoms with E-state index in [9.17, 15) is 0 Å². The standard InChI is InChI=1S/C22H23ClN2/c1-5-18-7-10-21(11-8-18)25-16(3)12-19(17(25)4)14-24-20-9-6-15(2)22(23)13-20/h6-14H,5H2,1-4H3. The molecule has 0 aliphatic carbocycles. The lowest BCUT2D eigenvalue weighted by molar-refractivity contribution is 0.962. The molecule has 0 bridgehead atoms. The molecule has 0 fully saturated rings. The van der Waals surface area contributed by atoms with Crippen LogP contribution in [0.2, 0.25) is 5.02 Å². The van der Waals surface area contributed by atoms with Crippen molar-refractivity contribution in [1.82, 2.24) is 4.57 Å². The molecule has 1 aromatic heterocycles. The largest absolute Gasteiger partial charge is 0.318 e. The Morgan fingerprint density at radius 3 is 2.36 bits per heavy atom. The number of benzene rings is 2. The molecule has 0 aliphatic heterocycles. The van der Waals surface area contributed by atoms with Gasteiger partial charge in [0.1, 0.15) is 0 Å². The Morgan fingerprint density at radius 2 is 1.72 bits per heavy atom. The molecule has 0 spiro atoms. The summed E-state index contributed by atoms with van der Waals surface area (Å²) in [4.78, 5) is 4.59. The summed E-state index contributed by atoms with van der Waals surface area (Å²) in [6, 6.07) is 16.8. The van der Waals surface area contributed by atoms with E-state index in [0.717, 1.165) is 28.3 Å². The molecule has 25 heavy (non-hydrogen) atoms. The van der Waals surface area contributed by atoms with E-state index in [4.69, 9.17) is 11.6 Å². The minimum Gasteiger partial charge on any atom is -0.318 e. The van der Waals surface area contributed by atoms with Crippen LogP contribution in [0, 0.1) is 20.8 Å². The van der Waals surface area contributed by atoms with Crippen LogP contribution in [0.1, 0.15) is 35.0 Å². The number of aliphatic imine (C=N–C) groups is 1. The van der Waals surface area contributed by atoms with Gasteiger partial charge in [0.25, 0.3) is 0 Å². The first-order valence-electron chi connectivity index (χ1n) is 8.58. The summed E-state index contributed by atoms with van der Waals surface area (Å²) in [6.07, 6.45) is 2.97. The third-order valence-electron chi connectivity index (χ3n) is 4.58. The maximum absolute atomic E-state index is 6.18. The summed E-state index contributed by atoms with van der Waals surface area (Å²) in [5.41, 5.74) is 7.97. The summed E-state index contributed by atoms with van der Waals surface area (Å²) < 4.78 is 2.27. The summed E-state index contributed by atoms with van der Waals surface area (Å²) in [6.45, 7) is 8.42. The minimum atomic E-state index is 0.746. The topological polar surface area (TPSA) is 17.3 Å². The van der Waals surface area contributed by atoms with Gasteiger partial charge in [-0.2, -0.15) is 0 Å². The van der Waals surface area contributed by atoms with Crippen LogP contribution in [0.25, 0.3) is 5.69 Å². The van der Waals surface area contributed by atoms with Gasteiger partial charge in [0.15, 0.2) is 0 Å². The van der Waals surface area contributed by atoms with E-state index in [1.165, 1.54) is 22.6 Å². The Hall–Kier alpha value is -2.32. The Balaban J connectivity index is 1.93. The van der Waals surface area contributed by atoms with Crippen molar-refractivity contribution >= 4 is 23.5 Å². The summed E-state index contributed by atoms with van der Waals surface area (Å²) in [5, 5.41) is 0.746. The van der Waals surface area contributed by atoms with E-state index in [0.29, 0.717) is 0 Å². The Kier molecular flexibility index (Phi) is 5.10. The number of halogens is 1. The van der Waals surface area contributed by atoms with E-state index in [-0.39, 0.29) is 0 Å². The Labute approximate surface area is 154 Å². The smallest absolute Gasteiger partial charge is 0.0644 e. The first-order chi connectivity index (χ1) is 12.0. The van der Waals surface area contributed by atoms with E-state index >= 15 is 0 Å². The SMILES string of the molecule is CCc1ccc(-n2c(C)cc(C=Nc3ccc(C)c(Cl)c3)c2C)cc1. The number of aromatic nitrogens is 1. The summed E-state index contributed by atoms with van der Waals surface area (Å²) in [5.74, 6) is 0. The quantitative estimate of drug-likeness (QED) is 0.486.